The van der Waals surface area contributed by atoms with Gasteiger partial charge in [-0.3, -0.25) is 11.3 Å². The van der Waals surface area contributed by atoms with E-state index in [0.29, 0.717) is 12.1 Å². The molecule has 0 heterocycles. The second-order valence-corrected chi connectivity index (χ2v) is 3.78. The van der Waals surface area contributed by atoms with Gasteiger partial charge in [0.25, 0.3) is 0 Å². The van der Waals surface area contributed by atoms with Gasteiger partial charge in [0.05, 0.1) is 18.0 Å². The summed E-state index contributed by atoms with van der Waals surface area (Å²) in [6.45, 7) is 0. The molecule has 0 fully saturated rings. The van der Waals surface area contributed by atoms with E-state index in [9.17, 15) is 30.7 Å². The molecule has 0 aromatic heterocycles. The monoisotopic (exact) mass is 290 g/mol. The highest BCUT2D eigenvalue weighted by Gasteiger charge is 2.36. The van der Waals surface area contributed by atoms with Crippen molar-refractivity contribution in [2.45, 2.75) is 24.8 Å². The lowest BCUT2D eigenvalue weighted by atomic mass is 10.0. The fraction of sp³-hybridized carbons (Fsp3) is 0.400. The van der Waals surface area contributed by atoms with Crippen LogP contribution in [0.4, 0.5) is 30.7 Å². The number of halogens is 7. The number of rotatable bonds is 3. The average Bonchev–Trinajstić information content (AvgIpc) is 2.22. The third-order valence-corrected chi connectivity index (χ3v) is 2.34. The van der Waals surface area contributed by atoms with Crippen LogP contribution >= 0.6 is 0 Å². The summed E-state index contributed by atoms with van der Waals surface area (Å²) in [4.78, 5) is 0. The number of nitrogens with one attached hydrogen (secondary N) is 1. The molecule has 0 aliphatic heterocycles. The Balaban J connectivity index is 3.05. The Labute approximate surface area is 103 Å². The highest BCUT2D eigenvalue weighted by Crippen LogP contribution is 2.34. The molecule has 0 spiro atoms. The Kier molecular flexibility index (Phi) is 4.41. The van der Waals surface area contributed by atoms with Crippen LogP contribution in [0.3, 0.4) is 0 Å². The predicted octanol–water partition coefficient (Wildman–Crippen LogP) is 3.30. The Bertz CT molecular complexity index is 438. The first-order valence-corrected chi connectivity index (χ1v) is 4.94. The van der Waals surface area contributed by atoms with Crippen LogP contribution in [0.5, 0.6) is 0 Å². The quantitative estimate of drug-likeness (QED) is 0.509. The van der Waals surface area contributed by atoms with E-state index >= 15 is 0 Å². The second kappa shape index (κ2) is 5.33. The van der Waals surface area contributed by atoms with Crippen molar-refractivity contribution in [1.82, 2.24) is 5.43 Å². The molecular formula is C10H9F7N2. The minimum absolute atomic E-state index is 0.315. The van der Waals surface area contributed by atoms with Crippen LogP contribution in [-0.4, -0.2) is 6.18 Å². The minimum atomic E-state index is -4.90. The molecule has 0 radical (unpaired) electrons. The zero-order valence-electron chi connectivity index (χ0n) is 9.24. The summed E-state index contributed by atoms with van der Waals surface area (Å²) in [5.74, 6) is 3.25. The van der Waals surface area contributed by atoms with Gasteiger partial charge < -0.3 is 0 Å². The molecule has 0 aliphatic rings. The third-order valence-electron chi connectivity index (χ3n) is 2.34. The van der Waals surface area contributed by atoms with Gasteiger partial charge in [-0.05, 0) is 17.7 Å². The molecule has 19 heavy (non-hydrogen) atoms. The number of alkyl halides is 6. The third kappa shape index (κ3) is 4.35. The van der Waals surface area contributed by atoms with Gasteiger partial charge in [0.15, 0.2) is 0 Å². The summed E-state index contributed by atoms with van der Waals surface area (Å²) >= 11 is 0. The van der Waals surface area contributed by atoms with Crippen molar-refractivity contribution in [1.29, 1.82) is 0 Å². The van der Waals surface area contributed by atoms with Gasteiger partial charge in [-0.2, -0.15) is 26.3 Å². The topological polar surface area (TPSA) is 38.0 Å². The number of hydrazine groups is 1. The van der Waals surface area contributed by atoms with Crippen molar-refractivity contribution in [2.24, 2.45) is 5.84 Å². The van der Waals surface area contributed by atoms with Gasteiger partial charge in [0.2, 0.25) is 0 Å². The fourth-order valence-corrected chi connectivity index (χ4v) is 1.48. The van der Waals surface area contributed by atoms with Crippen molar-refractivity contribution < 1.29 is 30.7 Å². The van der Waals surface area contributed by atoms with E-state index in [1.54, 1.807) is 5.43 Å². The van der Waals surface area contributed by atoms with E-state index in [4.69, 9.17) is 5.84 Å². The Morgan fingerprint density at radius 2 is 1.68 bits per heavy atom. The Morgan fingerprint density at radius 3 is 2.05 bits per heavy atom. The lowest BCUT2D eigenvalue weighted by molar-refractivity contribution is -0.142. The average molecular weight is 290 g/mol. The van der Waals surface area contributed by atoms with E-state index in [0.717, 1.165) is 6.07 Å². The molecule has 0 saturated carbocycles. The van der Waals surface area contributed by atoms with Gasteiger partial charge >= 0.3 is 12.4 Å². The summed E-state index contributed by atoms with van der Waals surface area (Å²) in [7, 11) is 0. The van der Waals surface area contributed by atoms with E-state index in [1.165, 1.54) is 0 Å². The molecule has 3 N–H and O–H groups in total. The molecule has 1 aromatic rings. The molecule has 108 valence electrons. The molecule has 0 saturated heterocycles. The van der Waals surface area contributed by atoms with E-state index in [1.807, 2.05) is 0 Å². The number of hydrogen-bond acceptors (Lipinski definition) is 2. The number of hydrogen-bond donors (Lipinski definition) is 2. The number of nitrogens with two attached hydrogens (primary N) is 1. The summed E-state index contributed by atoms with van der Waals surface area (Å²) in [5, 5.41) is 0. The zero-order chi connectivity index (χ0) is 14.8. The highest BCUT2D eigenvalue weighted by molar-refractivity contribution is 5.28. The zero-order valence-corrected chi connectivity index (χ0v) is 9.24. The first-order valence-electron chi connectivity index (χ1n) is 4.94. The van der Waals surface area contributed by atoms with E-state index < -0.39 is 36.2 Å². The second-order valence-electron chi connectivity index (χ2n) is 3.78. The van der Waals surface area contributed by atoms with Crippen molar-refractivity contribution in [3.05, 3.63) is 35.1 Å². The summed E-state index contributed by atoms with van der Waals surface area (Å²) < 4.78 is 86.6. The van der Waals surface area contributed by atoms with E-state index in [2.05, 4.69) is 0 Å². The SMILES string of the molecule is NNC(CC(F)(F)F)c1ccc(C(F)(F)F)c(F)c1. The summed E-state index contributed by atoms with van der Waals surface area (Å²) in [5.41, 5.74) is -0.0647. The lowest BCUT2D eigenvalue weighted by Gasteiger charge is -2.19. The molecule has 0 amide bonds. The molecule has 1 unspecified atom stereocenters. The van der Waals surface area contributed by atoms with Crippen LogP contribution in [0.1, 0.15) is 23.6 Å². The van der Waals surface area contributed by atoms with Gasteiger partial charge in [-0.15, -0.1) is 0 Å². The molecule has 0 aliphatic carbocycles. The van der Waals surface area contributed by atoms with Gasteiger partial charge in [-0.25, -0.2) is 4.39 Å². The first kappa shape index (κ1) is 15.7. The van der Waals surface area contributed by atoms with Crippen molar-refractivity contribution in [3.8, 4) is 0 Å². The maximum Gasteiger partial charge on any atom is 0.419 e. The Morgan fingerprint density at radius 1 is 1.11 bits per heavy atom. The molecule has 1 rings (SSSR count). The normalized spacial score (nSPS) is 14.5. The summed E-state index contributed by atoms with van der Waals surface area (Å²) in [6, 6.07) is 0.00361. The van der Waals surface area contributed by atoms with Crippen LogP contribution in [-0.2, 0) is 6.18 Å². The van der Waals surface area contributed by atoms with Crippen molar-refractivity contribution in [3.63, 3.8) is 0 Å². The molecular weight excluding hydrogens is 281 g/mol. The van der Waals surface area contributed by atoms with Crippen molar-refractivity contribution in [2.75, 3.05) is 0 Å². The molecule has 2 nitrogen and oxygen atoms in total. The van der Waals surface area contributed by atoms with E-state index in [-0.39, 0.29) is 5.56 Å². The fourth-order valence-electron chi connectivity index (χ4n) is 1.48. The van der Waals surface area contributed by atoms with Crippen LogP contribution < -0.4 is 11.3 Å². The standard InChI is InChI=1S/C10H9F7N2/c11-7-3-5(1-2-6(7)10(15,16)17)8(19-18)4-9(12,13)14/h1-3,8,19H,4,18H2. The van der Waals surface area contributed by atoms with Crippen LogP contribution in [0.25, 0.3) is 0 Å². The smallest absolute Gasteiger partial charge is 0.271 e. The number of benzene rings is 1. The Hall–Kier alpha value is -1.35. The summed E-state index contributed by atoms with van der Waals surface area (Å²) in [6.07, 6.45) is -10.9. The maximum absolute atomic E-state index is 13.2. The molecule has 1 aromatic carbocycles. The minimum Gasteiger partial charge on any atom is -0.271 e. The van der Waals surface area contributed by atoms with Crippen LogP contribution in [0, 0.1) is 5.82 Å². The van der Waals surface area contributed by atoms with Gasteiger partial charge in [-0.1, -0.05) is 6.07 Å². The lowest BCUT2D eigenvalue weighted by Crippen LogP contribution is -2.32. The molecule has 1 atom stereocenters. The van der Waals surface area contributed by atoms with Gasteiger partial charge in [0.1, 0.15) is 5.82 Å². The van der Waals surface area contributed by atoms with Crippen LogP contribution in [0.2, 0.25) is 0 Å². The molecule has 9 heteroatoms. The first-order chi connectivity index (χ1) is 8.54. The van der Waals surface area contributed by atoms with Gasteiger partial charge in [0, 0.05) is 0 Å². The largest absolute Gasteiger partial charge is 0.419 e. The van der Waals surface area contributed by atoms with Crippen molar-refractivity contribution >= 4 is 0 Å². The maximum atomic E-state index is 13.2. The highest BCUT2D eigenvalue weighted by atomic mass is 19.4. The van der Waals surface area contributed by atoms with Crippen LogP contribution in [0.15, 0.2) is 18.2 Å². The molecule has 0 bridgehead atoms. The predicted molar refractivity (Wildman–Crippen MR) is 52.1 cm³/mol.